The Morgan fingerprint density at radius 2 is 1.96 bits per heavy atom. The number of carbonyl (C=O) groups is 1. The summed E-state index contributed by atoms with van der Waals surface area (Å²) in [5.74, 6) is 0.0723. The molecular formula is C37H49F3N8O3Si. The molecule has 52 heavy (non-hydrogen) atoms. The Kier molecular flexibility index (Phi) is 11.3. The molecule has 2 fully saturated rings. The molecule has 6 rings (SSSR count). The Morgan fingerprint density at radius 1 is 1.15 bits per heavy atom. The molecule has 3 aliphatic heterocycles. The number of aromatic nitrogens is 4. The lowest BCUT2D eigenvalue weighted by molar-refractivity contribution is -0.137. The molecule has 0 aliphatic carbocycles. The van der Waals surface area contributed by atoms with Crippen molar-refractivity contribution in [1.29, 1.82) is 5.26 Å². The van der Waals surface area contributed by atoms with Gasteiger partial charge in [0.05, 0.1) is 41.3 Å². The van der Waals surface area contributed by atoms with E-state index in [9.17, 15) is 23.2 Å². The van der Waals surface area contributed by atoms with Crippen LogP contribution in [0.25, 0.3) is 10.9 Å². The van der Waals surface area contributed by atoms with E-state index in [0.717, 1.165) is 37.1 Å². The van der Waals surface area contributed by atoms with Gasteiger partial charge in [-0.05, 0) is 69.4 Å². The third kappa shape index (κ3) is 8.29. The summed E-state index contributed by atoms with van der Waals surface area (Å²) >= 11 is 0. The largest absolute Gasteiger partial charge is 0.462 e. The third-order valence-electron chi connectivity index (χ3n) is 10.7. The quantitative estimate of drug-likeness (QED) is 0.113. The van der Waals surface area contributed by atoms with Gasteiger partial charge in [-0.3, -0.25) is 4.79 Å². The summed E-state index contributed by atoms with van der Waals surface area (Å²) in [5.41, 5.74) is 1.34. The summed E-state index contributed by atoms with van der Waals surface area (Å²) in [6.45, 7) is 13.9. The van der Waals surface area contributed by atoms with Crippen molar-refractivity contribution < 1.29 is 27.4 Å². The smallest absolute Gasteiger partial charge is 0.418 e. The number of alkyl halides is 3. The van der Waals surface area contributed by atoms with Crippen molar-refractivity contribution in [3.8, 4) is 12.1 Å². The number of nitriles is 1. The number of ether oxygens (including phenoxy) is 2. The summed E-state index contributed by atoms with van der Waals surface area (Å²) in [5, 5.41) is 14.5. The number of piperidine rings is 1. The molecule has 0 spiro atoms. The van der Waals surface area contributed by atoms with Crippen LogP contribution >= 0.6 is 0 Å². The number of allylic oxidation sites excluding steroid dienone is 1. The SMILES string of the molecule is C=CC(=O)C1CCN(c2nc(OC[C@@H]3CCCN3C)nc3c2CCN(c2c(C(F)(F)F)ccc4c2cnn4COCC[Si](C)(C)C)C3)CC1CC#N. The van der Waals surface area contributed by atoms with E-state index >= 15 is 0 Å². The zero-order valence-corrected chi connectivity index (χ0v) is 31.6. The molecule has 0 radical (unpaired) electrons. The van der Waals surface area contributed by atoms with Gasteiger partial charge in [0, 0.05) is 63.6 Å². The van der Waals surface area contributed by atoms with Crippen LogP contribution in [-0.2, 0) is 35.4 Å². The van der Waals surface area contributed by atoms with E-state index in [1.807, 2.05) is 0 Å². The van der Waals surface area contributed by atoms with Crippen LogP contribution in [0.15, 0.2) is 31.0 Å². The van der Waals surface area contributed by atoms with E-state index in [2.05, 4.69) is 54.2 Å². The summed E-state index contributed by atoms with van der Waals surface area (Å²) in [6.07, 6.45) is 1.44. The highest BCUT2D eigenvalue weighted by molar-refractivity contribution is 6.76. The predicted molar refractivity (Wildman–Crippen MR) is 196 cm³/mol. The lowest BCUT2D eigenvalue weighted by Crippen LogP contribution is -2.44. The first-order valence-electron chi connectivity index (χ1n) is 18.2. The first-order valence-corrected chi connectivity index (χ1v) is 21.9. The minimum atomic E-state index is -4.60. The van der Waals surface area contributed by atoms with Crippen LogP contribution in [0, 0.1) is 23.2 Å². The first kappa shape index (κ1) is 37.7. The molecule has 2 unspecified atom stereocenters. The third-order valence-corrected chi connectivity index (χ3v) is 12.4. The fraction of sp³-hybridized carbons (Fsp3) is 0.595. The molecule has 2 saturated heterocycles. The molecule has 0 bridgehead atoms. The van der Waals surface area contributed by atoms with E-state index in [1.54, 1.807) is 9.58 Å². The van der Waals surface area contributed by atoms with E-state index in [1.165, 1.54) is 18.3 Å². The Morgan fingerprint density at radius 3 is 2.65 bits per heavy atom. The average molecular weight is 739 g/mol. The van der Waals surface area contributed by atoms with Gasteiger partial charge in [0.1, 0.15) is 19.2 Å². The number of anilines is 2. The number of hydrogen-bond donors (Lipinski definition) is 0. The van der Waals surface area contributed by atoms with Crippen LogP contribution in [0.3, 0.4) is 0 Å². The monoisotopic (exact) mass is 738 g/mol. The molecular weight excluding hydrogens is 690 g/mol. The van der Waals surface area contributed by atoms with Crippen molar-refractivity contribution >= 4 is 36.3 Å². The van der Waals surface area contributed by atoms with Gasteiger partial charge in [0.15, 0.2) is 5.78 Å². The van der Waals surface area contributed by atoms with Crippen molar-refractivity contribution in [1.82, 2.24) is 24.6 Å². The Hall–Kier alpha value is -4.00. The lowest BCUT2D eigenvalue weighted by Gasteiger charge is -2.40. The van der Waals surface area contributed by atoms with Gasteiger partial charge in [-0.15, -0.1) is 0 Å². The van der Waals surface area contributed by atoms with Gasteiger partial charge < -0.3 is 24.2 Å². The minimum Gasteiger partial charge on any atom is -0.462 e. The maximum atomic E-state index is 14.7. The number of ketones is 1. The molecule has 0 N–H and O–H groups in total. The van der Waals surface area contributed by atoms with Crippen LogP contribution in [0.4, 0.5) is 24.7 Å². The molecule has 1 aromatic carbocycles. The second-order valence-corrected chi connectivity index (χ2v) is 21.1. The van der Waals surface area contributed by atoms with Crippen LogP contribution in [0.2, 0.25) is 25.7 Å². The number of likely N-dealkylation sites (N-methyl/N-ethyl adjacent to an activating group) is 1. The number of rotatable bonds is 13. The van der Waals surface area contributed by atoms with Crippen molar-refractivity contribution in [2.75, 3.05) is 56.2 Å². The molecule has 15 heteroatoms. The highest BCUT2D eigenvalue weighted by Gasteiger charge is 2.39. The summed E-state index contributed by atoms with van der Waals surface area (Å²) < 4.78 is 57.8. The molecule has 280 valence electrons. The minimum absolute atomic E-state index is 0.0667. The van der Waals surface area contributed by atoms with Crippen LogP contribution in [-0.4, -0.2) is 91.0 Å². The molecule has 2 aromatic heterocycles. The number of halogens is 3. The zero-order chi connectivity index (χ0) is 37.2. The van der Waals surface area contributed by atoms with E-state index < -0.39 is 19.8 Å². The van der Waals surface area contributed by atoms with Crippen LogP contribution in [0.5, 0.6) is 6.01 Å². The molecule has 11 nitrogen and oxygen atoms in total. The van der Waals surface area contributed by atoms with Crippen LogP contribution < -0.4 is 14.5 Å². The highest BCUT2D eigenvalue weighted by atomic mass is 28.3. The number of likely N-dealkylation sites (tertiary alicyclic amines) is 1. The van der Waals surface area contributed by atoms with E-state index in [0.29, 0.717) is 68.1 Å². The molecule has 3 atom stereocenters. The molecule has 0 amide bonds. The van der Waals surface area contributed by atoms with Gasteiger partial charge in [0.2, 0.25) is 0 Å². The second kappa shape index (κ2) is 15.5. The van der Waals surface area contributed by atoms with Crippen molar-refractivity contribution in [3.05, 3.63) is 47.8 Å². The number of fused-ring (bicyclic) bond motifs is 2. The van der Waals surface area contributed by atoms with Crippen molar-refractivity contribution in [2.45, 2.75) is 83.3 Å². The van der Waals surface area contributed by atoms with E-state index in [4.69, 9.17) is 19.4 Å². The van der Waals surface area contributed by atoms with Gasteiger partial charge in [-0.25, -0.2) is 4.68 Å². The van der Waals surface area contributed by atoms with Gasteiger partial charge in [-0.1, -0.05) is 26.2 Å². The maximum absolute atomic E-state index is 14.7. The Bertz CT molecular complexity index is 1820. The van der Waals surface area contributed by atoms with Crippen LogP contribution in [0.1, 0.15) is 42.5 Å². The Balaban J connectivity index is 1.34. The Labute approximate surface area is 304 Å². The maximum Gasteiger partial charge on any atom is 0.418 e. The van der Waals surface area contributed by atoms with Gasteiger partial charge in [-0.2, -0.15) is 33.5 Å². The number of nitrogens with zero attached hydrogens (tertiary/aromatic N) is 8. The average Bonchev–Trinajstić information content (AvgIpc) is 3.72. The normalized spacial score (nSPS) is 21.3. The summed E-state index contributed by atoms with van der Waals surface area (Å²) in [7, 11) is 0.744. The zero-order valence-electron chi connectivity index (χ0n) is 30.6. The predicted octanol–water partition coefficient (Wildman–Crippen LogP) is 6.30. The van der Waals surface area contributed by atoms with Crippen molar-refractivity contribution in [2.24, 2.45) is 11.8 Å². The fourth-order valence-electron chi connectivity index (χ4n) is 7.68. The number of hydrogen-bond acceptors (Lipinski definition) is 10. The lowest BCUT2D eigenvalue weighted by atomic mass is 9.80. The fourth-order valence-corrected chi connectivity index (χ4v) is 8.44. The molecule has 3 aliphatic rings. The van der Waals surface area contributed by atoms with Gasteiger partial charge in [0.25, 0.3) is 0 Å². The van der Waals surface area contributed by atoms with Crippen molar-refractivity contribution in [3.63, 3.8) is 0 Å². The number of carbonyl (C=O) groups excluding carboxylic acids is 1. The summed E-state index contributed by atoms with van der Waals surface area (Å²) in [6, 6.07) is 6.20. The standard InChI is InChI=1S/C37H49F3N8O3Si/c1-6-33(49)27-12-17-47(21-25(27)11-14-41)35-28-13-16-46(22-31(28)43-36(44-35)51-23-26-8-7-15-45(26)2)34-29-20-42-48(24-50-18-19-52(3,4)5)32(29)10-9-30(34)37(38,39)40/h6,9-10,20,25-27H,1,7-8,11-13,15-19,21-24H2,2-5H3/t25?,26-,27?/m0/s1. The topological polar surface area (TPSA) is 113 Å². The molecule has 5 heterocycles. The number of benzene rings is 1. The first-order chi connectivity index (χ1) is 24.8. The van der Waals surface area contributed by atoms with Gasteiger partial charge >= 0.3 is 12.2 Å². The second-order valence-electron chi connectivity index (χ2n) is 15.5. The van der Waals surface area contributed by atoms with E-state index in [-0.39, 0.29) is 55.1 Å². The highest BCUT2D eigenvalue weighted by Crippen LogP contribution is 2.43. The molecule has 3 aromatic rings. The molecule has 0 saturated carbocycles. The summed E-state index contributed by atoms with van der Waals surface area (Å²) in [4.78, 5) is 28.5.